The molecule has 0 bridgehead atoms. The number of hydrogen-bond acceptors (Lipinski definition) is 5. The minimum absolute atomic E-state index is 0.126. The molecule has 0 aliphatic carbocycles. The molecule has 1 aromatic rings. The first-order valence-corrected chi connectivity index (χ1v) is 7.64. The molecule has 0 fully saturated rings. The molecule has 1 rings (SSSR count). The predicted octanol–water partition coefficient (Wildman–Crippen LogP) is 3.26. The zero-order chi connectivity index (χ0) is 16.7. The number of rotatable bonds is 8. The molecule has 22 heavy (non-hydrogen) atoms. The molecule has 0 spiro atoms. The Hall–Kier alpha value is -2.04. The number of aromatic hydroxyl groups is 1. The molecular formula is C17H24O5. The Balaban J connectivity index is 3.05. The molecule has 0 aliphatic heterocycles. The summed E-state index contributed by atoms with van der Waals surface area (Å²) in [5.41, 5.74) is 0.616. The summed E-state index contributed by atoms with van der Waals surface area (Å²) in [6, 6.07) is 3.13. The topological polar surface area (TPSA) is 72.8 Å². The van der Waals surface area contributed by atoms with Gasteiger partial charge in [0.15, 0.2) is 5.78 Å². The first-order valence-electron chi connectivity index (χ1n) is 7.64. The van der Waals surface area contributed by atoms with Crippen molar-refractivity contribution in [2.75, 3.05) is 13.2 Å². The third-order valence-corrected chi connectivity index (χ3v) is 3.40. The van der Waals surface area contributed by atoms with E-state index in [4.69, 9.17) is 9.47 Å². The van der Waals surface area contributed by atoms with Gasteiger partial charge in [-0.05, 0) is 38.8 Å². The molecule has 1 aromatic carbocycles. The fourth-order valence-electron chi connectivity index (χ4n) is 2.14. The number of benzene rings is 1. The van der Waals surface area contributed by atoms with Crippen molar-refractivity contribution in [3.05, 3.63) is 23.3 Å². The van der Waals surface area contributed by atoms with Crippen molar-refractivity contribution in [1.82, 2.24) is 0 Å². The van der Waals surface area contributed by atoms with E-state index in [0.29, 0.717) is 30.8 Å². The minimum atomic E-state index is -0.894. The SMILES string of the molecule is CCCOC(=O)C(CC)C(=O)c1ccc(OCC)c(C)c1O. The maximum atomic E-state index is 12.5. The van der Waals surface area contributed by atoms with E-state index in [9.17, 15) is 14.7 Å². The highest BCUT2D eigenvalue weighted by atomic mass is 16.5. The van der Waals surface area contributed by atoms with E-state index in [0.717, 1.165) is 0 Å². The predicted molar refractivity (Wildman–Crippen MR) is 83.4 cm³/mol. The Morgan fingerprint density at radius 1 is 1.23 bits per heavy atom. The van der Waals surface area contributed by atoms with E-state index >= 15 is 0 Å². The summed E-state index contributed by atoms with van der Waals surface area (Å²) in [5, 5.41) is 10.2. The Morgan fingerprint density at radius 2 is 1.91 bits per heavy atom. The second-order valence-corrected chi connectivity index (χ2v) is 5.01. The molecular weight excluding hydrogens is 284 g/mol. The summed E-state index contributed by atoms with van der Waals surface area (Å²) in [6.45, 7) is 7.90. The van der Waals surface area contributed by atoms with Crippen LogP contribution in [-0.2, 0) is 9.53 Å². The largest absolute Gasteiger partial charge is 0.507 e. The summed E-state index contributed by atoms with van der Waals surface area (Å²) in [7, 11) is 0. The third-order valence-electron chi connectivity index (χ3n) is 3.40. The van der Waals surface area contributed by atoms with Crippen molar-refractivity contribution in [3.63, 3.8) is 0 Å². The summed E-state index contributed by atoms with van der Waals surface area (Å²) in [6.07, 6.45) is 1.02. The molecule has 1 unspecified atom stereocenters. The van der Waals surface area contributed by atoms with Crippen LogP contribution in [0.5, 0.6) is 11.5 Å². The van der Waals surface area contributed by atoms with E-state index < -0.39 is 17.7 Å². The van der Waals surface area contributed by atoms with E-state index in [2.05, 4.69) is 0 Å². The van der Waals surface area contributed by atoms with Crippen LogP contribution in [0.3, 0.4) is 0 Å². The molecule has 0 radical (unpaired) electrons. The van der Waals surface area contributed by atoms with E-state index in [1.165, 1.54) is 6.07 Å². The molecule has 0 saturated heterocycles. The number of phenols is 1. The van der Waals surface area contributed by atoms with Crippen molar-refractivity contribution in [1.29, 1.82) is 0 Å². The molecule has 122 valence electrons. The van der Waals surface area contributed by atoms with Crippen LogP contribution in [0.2, 0.25) is 0 Å². The number of carbonyl (C=O) groups excluding carboxylic acids is 2. The Morgan fingerprint density at radius 3 is 2.45 bits per heavy atom. The molecule has 0 amide bonds. The number of esters is 1. The second-order valence-electron chi connectivity index (χ2n) is 5.01. The molecule has 5 nitrogen and oxygen atoms in total. The lowest BCUT2D eigenvalue weighted by Crippen LogP contribution is -2.26. The van der Waals surface area contributed by atoms with Gasteiger partial charge in [0.2, 0.25) is 0 Å². The molecule has 1 atom stereocenters. The van der Waals surface area contributed by atoms with Crippen molar-refractivity contribution in [2.45, 2.75) is 40.5 Å². The molecule has 0 heterocycles. The fourth-order valence-corrected chi connectivity index (χ4v) is 2.14. The third kappa shape index (κ3) is 4.00. The molecule has 0 saturated carbocycles. The van der Waals surface area contributed by atoms with Gasteiger partial charge in [0.1, 0.15) is 17.4 Å². The standard InChI is InChI=1S/C17H24O5/c1-5-10-22-17(20)12(6-2)16(19)13-8-9-14(21-7-3)11(4)15(13)18/h8-9,12,18H,5-7,10H2,1-4H3. The highest BCUT2D eigenvalue weighted by Gasteiger charge is 2.29. The van der Waals surface area contributed by atoms with Crippen LogP contribution >= 0.6 is 0 Å². The van der Waals surface area contributed by atoms with Crippen LogP contribution in [-0.4, -0.2) is 30.1 Å². The van der Waals surface area contributed by atoms with Crippen molar-refractivity contribution in [2.24, 2.45) is 5.92 Å². The van der Waals surface area contributed by atoms with Crippen molar-refractivity contribution < 1.29 is 24.2 Å². The van der Waals surface area contributed by atoms with E-state index in [1.807, 2.05) is 13.8 Å². The van der Waals surface area contributed by atoms with E-state index in [1.54, 1.807) is 19.9 Å². The minimum Gasteiger partial charge on any atom is -0.507 e. The van der Waals surface area contributed by atoms with Crippen molar-refractivity contribution >= 4 is 11.8 Å². The maximum Gasteiger partial charge on any atom is 0.316 e. The average Bonchev–Trinajstić information content (AvgIpc) is 2.50. The maximum absolute atomic E-state index is 12.5. The summed E-state index contributed by atoms with van der Waals surface area (Å²) >= 11 is 0. The number of ketones is 1. The van der Waals surface area contributed by atoms with Crippen LogP contribution in [0.15, 0.2) is 12.1 Å². The molecule has 0 aliphatic rings. The van der Waals surface area contributed by atoms with Crippen LogP contribution in [0.1, 0.15) is 49.5 Å². The first kappa shape index (κ1) is 18.0. The zero-order valence-corrected chi connectivity index (χ0v) is 13.6. The first-order chi connectivity index (χ1) is 10.5. The highest BCUT2D eigenvalue weighted by Crippen LogP contribution is 2.32. The van der Waals surface area contributed by atoms with Gasteiger partial charge in [-0.3, -0.25) is 9.59 Å². The second kappa shape index (κ2) is 8.41. The summed E-state index contributed by atoms with van der Waals surface area (Å²) < 4.78 is 10.4. The van der Waals surface area contributed by atoms with Crippen LogP contribution in [0.25, 0.3) is 0 Å². The number of carbonyl (C=O) groups is 2. The average molecular weight is 308 g/mol. The van der Waals surface area contributed by atoms with Gasteiger partial charge in [-0.15, -0.1) is 0 Å². The number of phenolic OH excluding ortho intramolecular Hbond substituents is 1. The highest BCUT2D eigenvalue weighted by molar-refractivity contribution is 6.10. The van der Waals surface area contributed by atoms with Gasteiger partial charge in [0.05, 0.1) is 18.8 Å². The Kier molecular flexibility index (Phi) is 6.89. The number of ether oxygens (including phenoxy) is 2. The lowest BCUT2D eigenvalue weighted by Gasteiger charge is -2.16. The Bertz CT molecular complexity index is 536. The number of Topliss-reactive ketones (excluding diaryl/α,β-unsaturated/α-hetero) is 1. The van der Waals surface area contributed by atoms with Gasteiger partial charge >= 0.3 is 5.97 Å². The monoisotopic (exact) mass is 308 g/mol. The van der Waals surface area contributed by atoms with Crippen LogP contribution in [0.4, 0.5) is 0 Å². The van der Waals surface area contributed by atoms with Gasteiger partial charge < -0.3 is 14.6 Å². The Labute approximate surface area is 131 Å². The molecule has 0 aromatic heterocycles. The number of hydrogen-bond donors (Lipinski definition) is 1. The zero-order valence-electron chi connectivity index (χ0n) is 13.6. The molecule has 1 N–H and O–H groups in total. The van der Waals surface area contributed by atoms with Gasteiger partial charge in [-0.2, -0.15) is 0 Å². The van der Waals surface area contributed by atoms with Crippen LogP contribution in [0, 0.1) is 12.8 Å². The summed E-state index contributed by atoms with van der Waals surface area (Å²) in [4.78, 5) is 24.5. The van der Waals surface area contributed by atoms with Gasteiger partial charge in [0, 0.05) is 5.56 Å². The van der Waals surface area contributed by atoms with Gasteiger partial charge in [-0.1, -0.05) is 13.8 Å². The lowest BCUT2D eigenvalue weighted by atomic mass is 9.93. The van der Waals surface area contributed by atoms with Gasteiger partial charge in [0.25, 0.3) is 0 Å². The smallest absolute Gasteiger partial charge is 0.316 e. The van der Waals surface area contributed by atoms with Crippen LogP contribution < -0.4 is 4.74 Å². The van der Waals surface area contributed by atoms with E-state index in [-0.39, 0.29) is 17.9 Å². The quantitative estimate of drug-likeness (QED) is 0.453. The lowest BCUT2D eigenvalue weighted by molar-refractivity contribution is -0.146. The summed E-state index contributed by atoms with van der Waals surface area (Å²) in [5.74, 6) is -1.47. The normalized spacial score (nSPS) is 11.8. The molecule has 5 heteroatoms. The van der Waals surface area contributed by atoms with Gasteiger partial charge in [-0.25, -0.2) is 0 Å². The fraction of sp³-hybridized carbons (Fsp3) is 0.529. The van der Waals surface area contributed by atoms with Crippen molar-refractivity contribution in [3.8, 4) is 11.5 Å².